The number of nitrogens with zero attached hydrogens (tertiary/aromatic N) is 2. The van der Waals surface area contributed by atoms with Crippen molar-refractivity contribution in [3.05, 3.63) is 69.7 Å². The monoisotopic (exact) mass is 398 g/mol. The van der Waals surface area contributed by atoms with E-state index in [1.807, 2.05) is 5.38 Å². The molecule has 3 heterocycles. The predicted molar refractivity (Wildman–Crippen MR) is 103 cm³/mol. The highest BCUT2D eigenvalue weighted by atomic mass is 32.1. The first-order valence-corrected chi connectivity index (χ1v) is 9.70. The van der Waals surface area contributed by atoms with Crippen LogP contribution in [-0.4, -0.2) is 35.0 Å². The molecule has 8 heteroatoms. The zero-order chi connectivity index (χ0) is 19.5. The van der Waals surface area contributed by atoms with Gasteiger partial charge in [0, 0.05) is 36.2 Å². The number of hydrogen-bond donors (Lipinski definition) is 0. The average Bonchev–Trinajstić information content (AvgIpc) is 3.33. The molecule has 1 aromatic carbocycles. The van der Waals surface area contributed by atoms with E-state index in [0.717, 1.165) is 0 Å². The molecule has 2 aromatic heterocycles. The van der Waals surface area contributed by atoms with E-state index in [9.17, 15) is 9.59 Å². The van der Waals surface area contributed by atoms with E-state index in [1.165, 1.54) is 17.4 Å². The number of aromatic nitrogens is 1. The van der Waals surface area contributed by atoms with Gasteiger partial charge in [0.05, 0.1) is 12.6 Å². The largest absolute Gasteiger partial charge is 0.488 e. The summed E-state index contributed by atoms with van der Waals surface area (Å²) in [7, 11) is 0. The molecule has 0 saturated carbocycles. The van der Waals surface area contributed by atoms with Gasteiger partial charge in [-0.2, -0.15) is 0 Å². The fraction of sp³-hybridized carbons (Fsp3) is 0.250. The summed E-state index contributed by atoms with van der Waals surface area (Å²) in [6.45, 7) is 2.76. The molecule has 0 radical (unpaired) electrons. The minimum Gasteiger partial charge on any atom is -0.488 e. The number of carbonyl (C=O) groups is 1. The average molecular weight is 398 g/mol. The Bertz CT molecular complexity index is 1010. The summed E-state index contributed by atoms with van der Waals surface area (Å²) in [5.41, 5.74) is 0.143. The van der Waals surface area contributed by atoms with Crippen LogP contribution in [0.5, 0.6) is 16.7 Å². The van der Waals surface area contributed by atoms with Crippen molar-refractivity contribution >= 4 is 17.2 Å². The second kappa shape index (κ2) is 7.85. The van der Waals surface area contributed by atoms with E-state index in [4.69, 9.17) is 13.9 Å². The summed E-state index contributed by atoms with van der Waals surface area (Å²) in [5, 5.41) is 2.39. The number of ether oxygens (including phenoxy) is 2. The van der Waals surface area contributed by atoms with Crippen LogP contribution in [0.2, 0.25) is 0 Å². The lowest BCUT2D eigenvalue weighted by Crippen LogP contribution is -2.31. The molecule has 1 amide bonds. The third kappa shape index (κ3) is 4.23. The maximum Gasteiger partial charge on any atom is 0.339 e. The fourth-order valence-electron chi connectivity index (χ4n) is 3.05. The smallest absolute Gasteiger partial charge is 0.339 e. The number of amides is 1. The van der Waals surface area contributed by atoms with Gasteiger partial charge < -0.3 is 18.8 Å². The number of benzene rings is 1. The number of aryl methyl sites for hydroxylation is 1. The van der Waals surface area contributed by atoms with Crippen molar-refractivity contribution in [2.24, 2.45) is 0 Å². The van der Waals surface area contributed by atoms with Gasteiger partial charge in [-0.1, -0.05) is 11.3 Å². The van der Waals surface area contributed by atoms with Gasteiger partial charge >= 0.3 is 5.63 Å². The van der Waals surface area contributed by atoms with Crippen LogP contribution in [-0.2, 0) is 0 Å². The first kappa shape index (κ1) is 18.2. The van der Waals surface area contributed by atoms with Gasteiger partial charge in [-0.05, 0) is 31.2 Å². The molecule has 0 N–H and O–H groups in total. The van der Waals surface area contributed by atoms with E-state index >= 15 is 0 Å². The number of carbonyl (C=O) groups excluding carboxylic acids is 1. The normalized spacial score (nSPS) is 16.2. The summed E-state index contributed by atoms with van der Waals surface area (Å²) < 4.78 is 16.4. The van der Waals surface area contributed by atoms with Crippen LogP contribution >= 0.6 is 11.3 Å². The molecule has 1 fully saturated rings. The maximum absolute atomic E-state index is 12.7. The molecule has 1 unspecified atom stereocenters. The number of thiazole rings is 1. The fourth-order valence-corrected chi connectivity index (χ4v) is 3.56. The minimum atomic E-state index is -0.444. The highest BCUT2D eigenvalue weighted by Gasteiger charge is 2.28. The Morgan fingerprint density at radius 1 is 1.25 bits per heavy atom. The third-order valence-electron chi connectivity index (χ3n) is 4.32. The molecule has 0 aliphatic carbocycles. The molecule has 1 aliphatic rings. The van der Waals surface area contributed by atoms with Gasteiger partial charge in [-0.3, -0.25) is 4.79 Å². The van der Waals surface area contributed by atoms with E-state index in [1.54, 1.807) is 48.4 Å². The minimum absolute atomic E-state index is 0.0596. The summed E-state index contributed by atoms with van der Waals surface area (Å²) in [4.78, 5) is 30.0. The van der Waals surface area contributed by atoms with Crippen LogP contribution in [0, 0.1) is 6.92 Å². The molecule has 1 aliphatic heterocycles. The van der Waals surface area contributed by atoms with Crippen molar-refractivity contribution in [3.63, 3.8) is 0 Å². The van der Waals surface area contributed by atoms with Gasteiger partial charge in [-0.25, -0.2) is 9.78 Å². The maximum atomic E-state index is 12.7. The highest BCUT2D eigenvalue weighted by Crippen LogP contribution is 2.25. The molecular weight excluding hydrogens is 380 g/mol. The standard InChI is InChI=1S/C20H18N2O5S/c1-13-10-17(11-18(23)25-13)26-16-6-8-22(12-16)19(24)14-2-4-15(5-3-14)27-20-21-7-9-28-20/h2-5,7,9-11,16H,6,8,12H2,1H3. The summed E-state index contributed by atoms with van der Waals surface area (Å²) in [6, 6.07) is 9.98. The molecule has 4 rings (SSSR count). The van der Waals surface area contributed by atoms with Gasteiger partial charge in [0.2, 0.25) is 0 Å². The molecular formula is C20H18N2O5S. The topological polar surface area (TPSA) is 81.9 Å². The Balaban J connectivity index is 1.37. The van der Waals surface area contributed by atoms with Crippen LogP contribution in [0.3, 0.4) is 0 Å². The quantitative estimate of drug-likeness (QED) is 0.654. The zero-order valence-electron chi connectivity index (χ0n) is 15.2. The number of rotatable bonds is 5. The van der Waals surface area contributed by atoms with Crippen LogP contribution in [0.15, 0.2) is 57.2 Å². The first-order valence-electron chi connectivity index (χ1n) is 8.82. The second-order valence-electron chi connectivity index (χ2n) is 6.43. The van der Waals surface area contributed by atoms with Gasteiger partial charge in [0.25, 0.3) is 11.1 Å². The highest BCUT2D eigenvalue weighted by molar-refractivity contribution is 7.11. The molecule has 3 aromatic rings. The van der Waals surface area contributed by atoms with Crippen molar-refractivity contribution in [2.45, 2.75) is 19.4 Å². The van der Waals surface area contributed by atoms with Crippen molar-refractivity contribution in [1.29, 1.82) is 0 Å². The van der Waals surface area contributed by atoms with E-state index in [2.05, 4.69) is 4.98 Å². The Kier molecular flexibility index (Phi) is 5.12. The van der Waals surface area contributed by atoms with Gasteiger partial charge in [0.1, 0.15) is 23.4 Å². The van der Waals surface area contributed by atoms with Gasteiger partial charge in [-0.15, -0.1) is 0 Å². The lowest BCUT2D eigenvalue weighted by atomic mass is 10.2. The van der Waals surface area contributed by atoms with Crippen molar-refractivity contribution < 1.29 is 18.7 Å². The van der Waals surface area contributed by atoms with E-state index in [0.29, 0.717) is 47.5 Å². The molecule has 144 valence electrons. The lowest BCUT2D eigenvalue weighted by molar-refractivity contribution is 0.0772. The molecule has 0 bridgehead atoms. The van der Waals surface area contributed by atoms with Crippen molar-refractivity contribution in [2.75, 3.05) is 13.1 Å². The van der Waals surface area contributed by atoms with Gasteiger partial charge in [0.15, 0.2) is 0 Å². The Hall–Kier alpha value is -3.13. The summed E-state index contributed by atoms with van der Waals surface area (Å²) >= 11 is 1.40. The van der Waals surface area contributed by atoms with E-state index in [-0.39, 0.29) is 12.0 Å². The van der Waals surface area contributed by atoms with Crippen molar-refractivity contribution in [3.8, 4) is 16.7 Å². The third-order valence-corrected chi connectivity index (χ3v) is 4.97. The Labute approximate surface area is 165 Å². The molecule has 7 nitrogen and oxygen atoms in total. The molecule has 1 saturated heterocycles. The molecule has 28 heavy (non-hydrogen) atoms. The summed E-state index contributed by atoms with van der Waals surface area (Å²) in [6.07, 6.45) is 2.22. The SMILES string of the molecule is Cc1cc(OC2CCN(C(=O)c3ccc(Oc4nccs4)cc3)C2)cc(=O)o1. The number of likely N-dealkylation sites (tertiary alicyclic amines) is 1. The second-order valence-corrected chi connectivity index (χ2v) is 7.28. The molecule has 0 spiro atoms. The number of hydrogen-bond acceptors (Lipinski definition) is 7. The van der Waals surface area contributed by atoms with Crippen LogP contribution in [0.1, 0.15) is 22.5 Å². The summed E-state index contributed by atoms with van der Waals surface area (Å²) in [5.74, 6) is 1.54. The first-order chi connectivity index (χ1) is 13.6. The lowest BCUT2D eigenvalue weighted by Gasteiger charge is -2.17. The van der Waals surface area contributed by atoms with Crippen molar-refractivity contribution in [1.82, 2.24) is 9.88 Å². The van der Waals surface area contributed by atoms with E-state index < -0.39 is 5.63 Å². The van der Waals surface area contributed by atoms with Crippen LogP contribution in [0.25, 0.3) is 0 Å². The zero-order valence-corrected chi connectivity index (χ0v) is 16.0. The van der Waals surface area contributed by atoms with Crippen LogP contribution in [0.4, 0.5) is 0 Å². The van der Waals surface area contributed by atoms with Crippen LogP contribution < -0.4 is 15.1 Å². The molecule has 1 atom stereocenters. The Morgan fingerprint density at radius 2 is 2.07 bits per heavy atom. The Morgan fingerprint density at radius 3 is 2.79 bits per heavy atom. The predicted octanol–water partition coefficient (Wildman–Crippen LogP) is 3.49.